The van der Waals surface area contributed by atoms with Crippen molar-refractivity contribution in [3.63, 3.8) is 0 Å². The predicted molar refractivity (Wildman–Crippen MR) is 90.5 cm³/mol. The number of carbonyl (C=O) groups excluding carboxylic acids is 1. The molecule has 0 saturated heterocycles. The molecule has 22 heavy (non-hydrogen) atoms. The Kier molecular flexibility index (Phi) is 6.28. The van der Waals surface area contributed by atoms with Crippen molar-refractivity contribution in [3.05, 3.63) is 70.5 Å². The molecule has 2 aromatic carbocycles. The Morgan fingerprint density at radius 1 is 1.18 bits per heavy atom. The van der Waals surface area contributed by atoms with Gasteiger partial charge in [-0.2, -0.15) is 0 Å². The molecule has 0 unspecified atom stereocenters. The largest absolute Gasteiger partial charge is 0.341 e. The highest BCUT2D eigenvalue weighted by Crippen LogP contribution is 2.17. The van der Waals surface area contributed by atoms with Gasteiger partial charge in [0.2, 0.25) is 5.91 Å². The minimum Gasteiger partial charge on any atom is -0.341 e. The molecule has 0 radical (unpaired) electrons. The maximum absolute atomic E-state index is 12.8. The first-order valence-electron chi connectivity index (χ1n) is 6.85. The van der Waals surface area contributed by atoms with E-state index < -0.39 is 0 Å². The number of benzene rings is 2. The fourth-order valence-corrected chi connectivity index (χ4v) is 3.07. The highest BCUT2D eigenvalue weighted by Gasteiger charge is 2.09. The minimum absolute atomic E-state index is 0.0522. The number of nitrogens with zero attached hydrogens (tertiary/aromatic N) is 1. The van der Waals surface area contributed by atoms with E-state index in [2.05, 4.69) is 0 Å². The van der Waals surface area contributed by atoms with Gasteiger partial charge in [-0.25, -0.2) is 4.39 Å². The molecule has 116 valence electrons. The van der Waals surface area contributed by atoms with E-state index in [9.17, 15) is 9.18 Å². The lowest BCUT2D eigenvalue weighted by Gasteiger charge is -2.17. The zero-order valence-electron chi connectivity index (χ0n) is 12.3. The number of carbonyl (C=O) groups is 1. The van der Waals surface area contributed by atoms with Gasteiger partial charge in [0.05, 0.1) is 5.75 Å². The summed E-state index contributed by atoms with van der Waals surface area (Å²) in [4.78, 5) is 13.7. The lowest BCUT2D eigenvalue weighted by atomic mass is 10.2. The molecule has 0 aromatic heterocycles. The summed E-state index contributed by atoms with van der Waals surface area (Å²) < 4.78 is 12.8. The van der Waals surface area contributed by atoms with Crippen molar-refractivity contribution in [2.24, 2.45) is 0 Å². The monoisotopic (exact) mass is 337 g/mol. The first-order chi connectivity index (χ1) is 10.5. The molecule has 0 bridgehead atoms. The second-order valence-electron chi connectivity index (χ2n) is 5.00. The zero-order chi connectivity index (χ0) is 15.9. The molecule has 0 saturated carbocycles. The van der Waals surface area contributed by atoms with Gasteiger partial charge in [-0.1, -0.05) is 35.9 Å². The maximum atomic E-state index is 12.8. The van der Waals surface area contributed by atoms with Crippen LogP contribution >= 0.6 is 23.4 Å². The van der Waals surface area contributed by atoms with Crippen LogP contribution in [0.2, 0.25) is 5.02 Å². The van der Waals surface area contributed by atoms with E-state index >= 15 is 0 Å². The zero-order valence-corrected chi connectivity index (χ0v) is 13.8. The van der Waals surface area contributed by atoms with Gasteiger partial charge in [0.25, 0.3) is 0 Å². The molecule has 0 aliphatic heterocycles. The Morgan fingerprint density at radius 3 is 2.59 bits per heavy atom. The Balaban J connectivity index is 1.77. The van der Waals surface area contributed by atoms with Crippen molar-refractivity contribution >= 4 is 29.3 Å². The van der Waals surface area contributed by atoms with Crippen LogP contribution in [-0.4, -0.2) is 23.6 Å². The molecule has 2 aromatic rings. The van der Waals surface area contributed by atoms with E-state index in [0.717, 1.165) is 16.9 Å². The lowest BCUT2D eigenvalue weighted by Crippen LogP contribution is -2.27. The van der Waals surface area contributed by atoms with Gasteiger partial charge in [0, 0.05) is 24.4 Å². The van der Waals surface area contributed by atoms with Crippen LogP contribution in [0.15, 0.2) is 48.5 Å². The van der Waals surface area contributed by atoms with Gasteiger partial charge >= 0.3 is 0 Å². The van der Waals surface area contributed by atoms with Gasteiger partial charge < -0.3 is 4.90 Å². The number of halogens is 2. The summed E-state index contributed by atoms with van der Waals surface area (Å²) in [6, 6.07) is 13.8. The second kappa shape index (κ2) is 8.20. The Hall–Kier alpha value is -1.52. The summed E-state index contributed by atoms with van der Waals surface area (Å²) in [7, 11) is 1.76. The summed E-state index contributed by atoms with van der Waals surface area (Å²) in [5, 5.41) is 0.706. The van der Waals surface area contributed by atoms with Crippen LogP contribution in [-0.2, 0) is 17.1 Å². The van der Waals surface area contributed by atoms with Crippen molar-refractivity contribution < 1.29 is 9.18 Å². The van der Waals surface area contributed by atoms with E-state index in [1.54, 1.807) is 35.8 Å². The van der Waals surface area contributed by atoms with Crippen molar-refractivity contribution in [1.29, 1.82) is 0 Å². The summed E-state index contributed by atoms with van der Waals surface area (Å²) in [5.74, 6) is 0.937. The van der Waals surface area contributed by atoms with Crippen molar-refractivity contribution in [2.45, 2.75) is 12.3 Å². The van der Waals surface area contributed by atoms with Crippen LogP contribution in [0.25, 0.3) is 0 Å². The van der Waals surface area contributed by atoms with Crippen LogP contribution in [0.3, 0.4) is 0 Å². The Morgan fingerprint density at radius 2 is 1.91 bits per heavy atom. The summed E-state index contributed by atoms with van der Waals surface area (Å²) in [5.41, 5.74) is 2.02. The molecule has 0 atom stereocenters. The molecule has 1 amide bonds. The third-order valence-corrected chi connectivity index (χ3v) is 4.37. The van der Waals surface area contributed by atoms with E-state index in [1.807, 2.05) is 24.3 Å². The highest BCUT2D eigenvalue weighted by atomic mass is 35.5. The summed E-state index contributed by atoms with van der Waals surface area (Å²) in [6.07, 6.45) is 0. The average molecular weight is 338 g/mol. The molecule has 5 heteroatoms. The number of thioether (sulfide) groups is 1. The quantitative estimate of drug-likeness (QED) is 0.780. The Bertz CT molecular complexity index is 633. The van der Waals surface area contributed by atoms with Gasteiger partial charge in [-0.15, -0.1) is 11.8 Å². The summed E-state index contributed by atoms with van der Waals surface area (Å²) in [6.45, 7) is 0.483. The lowest BCUT2D eigenvalue weighted by molar-refractivity contribution is -0.127. The molecule has 0 fully saturated rings. The van der Waals surface area contributed by atoms with Crippen molar-refractivity contribution in [2.75, 3.05) is 12.8 Å². The van der Waals surface area contributed by atoms with Gasteiger partial charge in [-0.05, 0) is 35.4 Å². The van der Waals surface area contributed by atoms with Gasteiger partial charge in [0.15, 0.2) is 0 Å². The van der Waals surface area contributed by atoms with Crippen LogP contribution in [0.5, 0.6) is 0 Å². The third kappa shape index (κ3) is 5.35. The first-order valence-corrected chi connectivity index (χ1v) is 8.38. The molecule has 2 rings (SSSR count). The molecule has 0 spiro atoms. The van der Waals surface area contributed by atoms with Crippen LogP contribution in [0.4, 0.5) is 4.39 Å². The van der Waals surface area contributed by atoms with Crippen LogP contribution < -0.4 is 0 Å². The normalized spacial score (nSPS) is 10.5. The topological polar surface area (TPSA) is 20.3 Å². The number of hydrogen-bond donors (Lipinski definition) is 0. The van der Waals surface area contributed by atoms with Crippen molar-refractivity contribution in [3.8, 4) is 0 Å². The predicted octanol–water partition coefficient (Wildman–Crippen LogP) is 4.37. The van der Waals surface area contributed by atoms with Crippen molar-refractivity contribution in [1.82, 2.24) is 4.90 Å². The molecule has 0 heterocycles. The fraction of sp³-hybridized carbons (Fsp3) is 0.235. The third-order valence-electron chi connectivity index (χ3n) is 3.14. The molecule has 0 aliphatic rings. The second-order valence-corrected chi connectivity index (χ2v) is 6.42. The first kappa shape index (κ1) is 16.8. The average Bonchev–Trinajstić information content (AvgIpc) is 2.49. The fourth-order valence-electron chi connectivity index (χ4n) is 1.94. The van der Waals surface area contributed by atoms with E-state index in [4.69, 9.17) is 11.6 Å². The van der Waals surface area contributed by atoms with Gasteiger partial charge in [-0.3, -0.25) is 4.79 Å². The number of amides is 1. The molecule has 2 nitrogen and oxygen atoms in total. The molecular formula is C17H17ClFNOS. The molecule has 0 aliphatic carbocycles. The highest BCUT2D eigenvalue weighted by molar-refractivity contribution is 7.99. The molecule has 0 N–H and O–H groups in total. The smallest absolute Gasteiger partial charge is 0.232 e. The van der Waals surface area contributed by atoms with Crippen LogP contribution in [0.1, 0.15) is 11.1 Å². The SMILES string of the molecule is CN(Cc1ccc(F)cc1)C(=O)CSCc1cccc(Cl)c1. The minimum atomic E-state index is -0.269. The molecular weight excluding hydrogens is 321 g/mol. The number of rotatable bonds is 6. The maximum Gasteiger partial charge on any atom is 0.232 e. The Labute approximate surface area is 139 Å². The van der Waals surface area contributed by atoms with E-state index in [-0.39, 0.29) is 11.7 Å². The standard InChI is InChI=1S/C17H17ClFNOS/c1-20(10-13-5-7-16(19)8-6-13)17(21)12-22-11-14-3-2-4-15(18)9-14/h2-9H,10-12H2,1H3. The number of hydrogen-bond acceptors (Lipinski definition) is 2. The van der Waals surface area contributed by atoms with Gasteiger partial charge in [0.1, 0.15) is 5.82 Å². The summed E-state index contributed by atoms with van der Waals surface area (Å²) >= 11 is 7.48. The van der Waals surface area contributed by atoms with E-state index in [0.29, 0.717) is 17.3 Å². The van der Waals surface area contributed by atoms with Crippen LogP contribution in [0, 0.1) is 5.82 Å². The van der Waals surface area contributed by atoms with E-state index in [1.165, 1.54) is 12.1 Å².